The lowest BCUT2D eigenvalue weighted by Gasteiger charge is -2.39. The summed E-state index contributed by atoms with van der Waals surface area (Å²) in [6.45, 7) is 12.3. The minimum absolute atomic E-state index is 0.0122. The topological polar surface area (TPSA) is 63.2 Å². The molecule has 6 nitrogen and oxygen atoms in total. The summed E-state index contributed by atoms with van der Waals surface area (Å²) in [6, 6.07) is 39.6. The van der Waals surface area contributed by atoms with Crippen LogP contribution >= 0.6 is 0 Å². The lowest BCUT2D eigenvalue weighted by Crippen LogP contribution is -2.51. The highest BCUT2D eigenvalue weighted by molar-refractivity contribution is 6.74. The molecule has 0 aliphatic heterocycles. The van der Waals surface area contributed by atoms with Gasteiger partial charge in [-0.05, 0) is 40.4 Å². The van der Waals surface area contributed by atoms with Gasteiger partial charge in [0.25, 0.3) is 0 Å². The average molecular weight is 655 g/mol. The molecule has 250 valence electrons. The zero-order chi connectivity index (χ0) is 33.5. The van der Waals surface area contributed by atoms with E-state index in [1.54, 1.807) is 0 Å². The summed E-state index contributed by atoms with van der Waals surface area (Å²) >= 11 is 0. The smallest absolute Gasteiger partial charge is 0.192 e. The molecule has 0 unspecified atom stereocenters. The zero-order valence-electron chi connectivity index (χ0n) is 28.5. The molecule has 0 amide bonds. The molecule has 47 heavy (non-hydrogen) atoms. The van der Waals surface area contributed by atoms with Gasteiger partial charge in [0.15, 0.2) is 14.1 Å². The molecule has 0 saturated carbocycles. The van der Waals surface area contributed by atoms with Gasteiger partial charge in [0.1, 0.15) is 24.9 Å². The van der Waals surface area contributed by atoms with Gasteiger partial charge in [-0.2, -0.15) is 0 Å². The second-order valence-electron chi connectivity index (χ2n) is 13.3. The van der Waals surface area contributed by atoms with Crippen LogP contribution in [0.25, 0.3) is 0 Å². The molecular formula is C40H50O6Si. The van der Waals surface area contributed by atoms with Crippen molar-refractivity contribution in [1.29, 1.82) is 0 Å². The number of carbonyl (C=O) groups excluding carboxylic acids is 1. The maximum Gasteiger partial charge on any atom is 0.192 e. The van der Waals surface area contributed by atoms with Gasteiger partial charge in [-0.25, -0.2) is 0 Å². The van der Waals surface area contributed by atoms with Gasteiger partial charge in [0, 0.05) is 0 Å². The molecule has 0 radical (unpaired) electrons. The Morgan fingerprint density at radius 2 is 1.00 bits per heavy atom. The third-order valence-corrected chi connectivity index (χ3v) is 13.1. The fourth-order valence-corrected chi connectivity index (χ4v) is 5.75. The van der Waals surface area contributed by atoms with Crippen LogP contribution in [0.3, 0.4) is 0 Å². The van der Waals surface area contributed by atoms with Gasteiger partial charge in [0.2, 0.25) is 0 Å². The van der Waals surface area contributed by atoms with E-state index in [1.807, 2.05) is 121 Å². The minimum atomic E-state index is -2.19. The molecule has 0 aliphatic rings. The first kappa shape index (κ1) is 36.4. The van der Waals surface area contributed by atoms with Gasteiger partial charge in [0.05, 0.1) is 33.0 Å². The maximum atomic E-state index is 14.1. The quantitative estimate of drug-likeness (QED) is 0.0945. The molecule has 3 atom stereocenters. The Hall–Kier alpha value is -3.43. The van der Waals surface area contributed by atoms with E-state index in [0.29, 0.717) is 13.2 Å². The second kappa shape index (κ2) is 18.2. The molecule has 4 rings (SSSR count). The van der Waals surface area contributed by atoms with E-state index in [-0.39, 0.29) is 37.2 Å². The molecule has 7 heteroatoms. The molecule has 4 aromatic rings. The normalized spacial score (nSPS) is 14.0. The summed E-state index contributed by atoms with van der Waals surface area (Å²) in [5.41, 5.74) is 3.95. The van der Waals surface area contributed by atoms with Crippen molar-refractivity contribution in [3.05, 3.63) is 144 Å². The Labute approximate surface area is 282 Å². The maximum absolute atomic E-state index is 14.1. The molecule has 0 saturated heterocycles. The molecular weight excluding hydrogens is 605 g/mol. The summed E-state index contributed by atoms with van der Waals surface area (Å²) in [5, 5.41) is -0.0122. The Kier molecular flexibility index (Phi) is 14.1. The van der Waals surface area contributed by atoms with E-state index in [2.05, 4.69) is 33.9 Å². The lowest BCUT2D eigenvalue weighted by molar-refractivity contribution is -0.174. The predicted octanol–water partition coefficient (Wildman–Crippen LogP) is 8.55. The summed E-state index contributed by atoms with van der Waals surface area (Å²) in [7, 11) is -2.19. The van der Waals surface area contributed by atoms with Crippen LogP contribution in [0, 0.1) is 0 Å². The minimum Gasteiger partial charge on any atom is -0.414 e. The molecule has 4 aromatic carbocycles. The van der Waals surface area contributed by atoms with Crippen molar-refractivity contribution in [2.75, 3.05) is 13.2 Å². The van der Waals surface area contributed by atoms with E-state index in [4.69, 9.17) is 23.4 Å². The van der Waals surface area contributed by atoms with Crippen LogP contribution in [0.1, 0.15) is 43.0 Å². The molecule has 0 aliphatic carbocycles. The van der Waals surface area contributed by atoms with Gasteiger partial charge >= 0.3 is 0 Å². The summed E-state index contributed by atoms with van der Waals surface area (Å²) in [4.78, 5) is 14.1. The van der Waals surface area contributed by atoms with Crippen molar-refractivity contribution < 1.29 is 28.2 Å². The first-order chi connectivity index (χ1) is 22.6. The number of Topliss-reactive ketones (excluding diaryl/α,β-unsaturated/α-hetero) is 1. The number of hydrogen-bond acceptors (Lipinski definition) is 6. The number of ether oxygens (including phenoxy) is 4. The van der Waals surface area contributed by atoms with Crippen molar-refractivity contribution in [2.45, 2.75) is 83.6 Å². The first-order valence-corrected chi connectivity index (χ1v) is 19.3. The molecule has 0 N–H and O–H groups in total. The van der Waals surface area contributed by atoms with Crippen LogP contribution in [-0.4, -0.2) is 45.6 Å². The van der Waals surface area contributed by atoms with Crippen LogP contribution < -0.4 is 0 Å². The zero-order valence-corrected chi connectivity index (χ0v) is 29.5. The van der Waals surface area contributed by atoms with Gasteiger partial charge in [-0.3, -0.25) is 4.79 Å². The third-order valence-electron chi connectivity index (χ3n) is 8.62. The fraction of sp³-hybridized carbons (Fsp3) is 0.375. The lowest BCUT2D eigenvalue weighted by atomic mass is 10.0. The van der Waals surface area contributed by atoms with Gasteiger partial charge in [-0.1, -0.05) is 142 Å². The number of carbonyl (C=O) groups is 1. The van der Waals surface area contributed by atoms with Crippen molar-refractivity contribution in [2.24, 2.45) is 0 Å². The number of hydrogen-bond donors (Lipinski definition) is 0. The average Bonchev–Trinajstić information content (AvgIpc) is 3.08. The number of ketones is 1. The van der Waals surface area contributed by atoms with Gasteiger partial charge < -0.3 is 23.4 Å². The van der Waals surface area contributed by atoms with Gasteiger partial charge in [-0.15, -0.1) is 0 Å². The van der Waals surface area contributed by atoms with Crippen molar-refractivity contribution in [1.82, 2.24) is 0 Å². The van der Waals surface area contributed by atoms with E-state index in [0.717, 1.165) is 22.3 Å². The Morgan fingerprint density at radius 3 is 1.45 bits per heavy atom. The second-order valence-corrected chi connectivity index (χ2v) is 18.1. The first-order valence-electron chi connectivity index (χ1n) is 16.4. The van der Waals surface area contributed by atoms with E-state index < -0.39 is 26.6 Å². The standard InChI is InChI=1S/C40H50O6Si/c1-40(2,3)47(4,5)46-31-37(43-27-33-20-12-7-13-21-33)39(45-29-35-24-16-9-17-25-35)38(44-28-34-22-14-8-15-23-34)36(41)30-42-26-32-18-10-6-11-19-32/h6-25,37-39H,26-31H2,1-5H3/t37-,38+,39+/m0/s1. The van der Waals surface area contributed by atoms with Crippen LogP contribution in [0.15, 0.2) is 121 Å². The van der Waals surface area contributed by atoms with E-state index >= 15 is 0 Å². The van der Waals surface area contributed by atoms with Crippen LogP contribution in [0.5, 0.6) is 0 Å². The third kappa shape index (κ3) is 11.9. The Balaban J connectivity index is 1.65. The van der Waals surface area contributed by atoms with Crippen molar-refractivity contribution in [3.8, 4) is 0 Å². The summed E-state index contributed by atoms with van der Waals surface area (Å²) in [6.07, 6.45) is -2.36. The molecule has 0 bridgehead atoms. The van der Waals surface area contributed by atoms with Crippen LogP contribution in [0.2, 0.25) is 18.1 Å². The van der Waals surface area contributed by atoms with Crippen molar-refractivity contribution in [3.63, 3.8) is 0 Å². The molecule has 0 heterocycles. The molecule has 0 fully saturated rings. The summed E-state index contributed by atoms with van der Waals surface area (Å²) < 4.78 is 32.5. The van der Waals surface area contributed by atoms with Crippen LogP contribution in [0.4, 0.5) is 0 Å². The highest BCUT2D eigenvalue weighted by Gasteiger charge is 2.41. The Morgan fingerprint density at radius 1 is 0.596 bits per heavy atom. The predicted molar refractivity (Wildman–Crippen MR) is 189 cm³/mol. The molecule has 0 spiro atoms. The SMILES string of the molecule is CC(C)(C)[Si](C)(C)OC[C@H](OCc1ccccc1)[C@@H](OCc1ccccc1)[C@H](OCc1ccccc1)C(=O)COCc1ccccc1. The highest BCUT2D eigenvalue weighted by atomic mass is 28.4. The highest BCUT2D eigenvalue weighted by Crippen LogP contribution is 2.37. The monoisotopic (exact) mass is 654 g/mol. The summed E-state index contributed by atoms with van der Waals surface area (Å²) in [5.74, 6) is -0.212. The number of benzene rings is 4. The van der Waals surface area contributed by atoms with Crippen LogP contribution in [-0.2, 0) is 54.6 Å². The van der Waals surface area contributed by atoms with Crippen molar-refractivity contribution >= 4 is 14.1 Å². The fourth-order valence-electron chi connectivity index (χ4n) is 4.74. The Bertz CT molecular complexity index is 1440. The number of rotatable bonds is 19. The molecule has 0 aromatic heterocycles. The van der Waals surface area contributed by atoms with E-state index in [9.17, 15) is 4.79 Å². The largest absolute Gasteiger partial charge is 0.414 e. The van der Waals surface area contributed by atoms with E-state index in [1.165, 1.54) is 0 Å².